The van der Waals surface area contributed by atoms with E-state index in [1.54, 1.807) is 41.7 Å². The van der Waals surface area contributed by atoms with Gasteiger partial charge in [0, 0.05) is 55.2 Å². The zero-order valence-electron chi connectivity index (χ0n) is 21.7. The van der Waals surface area contributed by atoms with Crippen LogP contribution in [0.15, 0.2) is 73.4 Å². The van der Waals surface area contributed by atoms with Crippen molar-refractivity contribution in [2.45, 2.75) is 6.92 Å². The van der Waals surface area contributed by atoms with E-state index in [0.717, 1.165) is 28.0 Å². The number of carbonyl (C=O) groups excluding carboxylic acids is 2. The van der Waals surface area contributed by atoms with Crippen molar-refractivity contribution in [1.82, 2.24) is 29.5 Å². The van der Waals surface area contributed by atoms with Crippen LogP contribution in [0.4, 0.5) is 27.8 Å². The highest BCUT2D eigenvalue weighted by Gasteiger charge is 2.19. The van der Waals surface area contributed by atoms with Crippen LogP contribution >= 0.6 is 0 Å². The Labute approximate surface area is 229 Å². The molecule has 0 atom stereocenters. The molecule has 0 spiro atoms. The Bertz CT molecular complexity index is 1660. The number of amides is 3. The number of hydrogen-bond donors (Lipinski definition) is 4. The van der Waals surface area contributed by atoms with Crippen LogP contribution in [0.1, 0.15) is 15.9 Å². The molecule has 1 saturated heterocycles. The van der Waals surface area contributed by atoms with E-state index in [-0.39, 0.29) is 11.9 Å². The van der Waals surface area contributed by atoms with Crippen molar-refractivity contribution in [3.05, 3.63) is 84.6 Å². The third-order valence-corrected chi connectivity index (χ3v) is 6.70. The highest BCUT2D eigenvalue weighted by molar-refractivity contribution is 6.00. The Morgan fingerprint density at radius 3 is 2.65 bits per heavy atom. The molecule has 6 rings (SSSR count). The molecule has 5 heterocycles. The molecule has 0 aliphatic carbocycles. The number of hydrogen-bond acceptors (Lipinski definition) is 7. The topological polar surface area (TPSA) is 142 Å². The Kier molecular flexibility index (Phi) is 6.81. The molecule has 1 fully saturated rings. The zero-order valence-corrected chi connectivity index (χ0v) is 21.7. The number of nitrogens with one attached hydrogen (secondary N) is 4. The highest BCUT2D eigenvalue weighted by atomic mass is 16.5. The van der Waals surface area contributed by atoms with E-state index in [1.807, 2.05) is 48.0 Å². The molecule has 202 valence electrons. The number of rotatable bonds is 6. The van der Waals surface area contributed by atoms with Gasteiger partial charge in [0.15, 0.2) is 5.65 Å². The van der Waals surface area contributed by atoms with Crippen LogP contribution in [0.25, 0.3) is 16.8 Å². The van der Waals surface area contributed by atoms with Gasteiger partial charge in [-0.1, -0.05) is 12.1 Å². The molecule has 12 nitrogen and oxygen atoms in total. The number of urea groups is 1. The Morgan fingerprint density at radius 1 is 1.00 bits per heavy atom. The monoisotopic (exact) mass is 537 g/mol. The van der Waals surface area contributed by atoms with Gasteiger partial charge in [0.05, 0.1) is 30.7 Å². The fraction of sp³-hybridized carbons (Fsp3) is 0.179. The Balaban J connectivity index is 1.25. The Hall–Kier alpha value is -5.23. The summed E-state index contributed by atoms with van der Waals surface area (Å²) in [4.78, 5) is 36.0. The van der Waals surface area contributed by atoms with Crippen LogP contribution in [0, 0.1) is 6.92 Å². The van der Waals surface area contributed by atoms with Gasteiger partial charge in [-0.3, -0.25) is 15.2 Å². The van der Waals surface area contributed by atoms with Gasteiger partial charge in [-0.15, -0.1) is 0 Å². The van der Waals surface area contributed by atoms with Gasteiger partial charge in [-0.05, 0) is 42.3 Å². The molecule has 4 N–H and O–H groups in total. The summed E-state index contributed by atoms with van der Waals surface area (Å²) in [6.45, 7) is 4.21. The third-order valence-electron chi connectivity index (χ3n) is 6.70. The van der Waals surface area contributed by atoms with Crippen LogP contribution < -0.4 is 16.0 Å². The predicted octanol–water partition coefficient (Wildman–Crippen LogP) is 4.29. The van der Waals surface area contributed by atoms with E-state index in [4.69, 9.17) is 4.74 Å². The van der Waals surface area contributed by atoms with Crippen molar-refractivity contribution in [3.63, 3.8) is 0 Å². The van der Waals surface area contributed by atoms with E-state index in [1.165, 1.54) is 0 Å². The number of ether oxygens (including phenoxy) is 1. The molecule has 4 aromatic heterocycles. The summed E-state index contributed by atoms with van der Waals surface area (Å²) in [7, 11) is 0. The molecule has 5 aromatic rings. The largest absolute Gasteiger partial charge is 0.378 e. The zero-order chi connectivity index (χ0) is 27.5. The first-order valence-corrected chi connectivity index (χ1v) is 12.8. The number of imidazole rings is 1. The number of morpholine rings is 1. The second kappa shape index (κ2) is 10.9. The van der Waals surface area contributed by atoms with Crippen molar-refractivity contribution in [3.8, 4) is 11.1 Å². The highest BCUT2D eigenvalue weighted by Crippen LogP contribution is 2.32. The maximum Gasteiger partial charge on any atom is 0.324 e. The lowest BCUT2D eigenvalue weighted by Crippen LogP contribution is -2.40. The lowest BCUT2D eigenvalue weighted by atomic mass is 10.00. The molecule has 40 heavy (non-hydrogen) atoms. The molecule has 3 amide bonds. The van der Waals surface area contributed by atoms with Crippen LogP contribution in [-0.2, 0) is 4.74 Å². The minimum absolute atomic E-state index is 0.0535. The van der Waals surface area contributed by atoms with Crippen LogP contribution in [0.3, 0.4) is 0 Å². The average molecular weight is 538 g/mol. The first-order chi connectivity index (χ1) is 19.5. The molecular weight excluding hydrogens is 510 g/mol. The number of aromatic amines is 1. The summed E-state index contributed by atoms with van der Waals surface area (Å²) in [5, 5.41) is 15.5. The molecule has 12 heteroatoms. The lowest BCUT2D eigenvalue weighted by molar-refractivity contribution is 0.0302. The fourth-order valence-electron chi connectivity index (χ4n) is 4.64. The first kappa shape index (κ1) is 25.1. The molecule has 0 radical (unpaired) electrons. The lowest BCUT2D eigenvalue weighted by Gasteiger charge is -2.26. The van der Waals surface area contributed by atoms with Gasteiger partial charge >= 0.3 is 6.03 Å². The predicted molar refractivity (Wildman–Crippen MR) is 151 cm³/mol. The quantitative estimate of drug-likeness (QED) is 0.253. The van der Waals surface area contributed by atoms with Crippen molar-refractivity contribution in [1.29, 1.82) is 0 Å². The summed E-state index contributed by atoms with van der Waals surface area (Å²) >= 11 is 0. The number of fused-ring (bicyclic) bond motifs is 1. The van der Waals surface area contributed by atoms with E-state index >= 15 is 0 Å². The molecule has 0 bridgehead atoms. The van der Waals surface area contributed by atoms with Crippen molar-refractivity contribution in [2.75, 3.05) is 42.3 Å². The molecule has 1 aromatic carbocycles. The first-order valence-electron chi connectivity index (χ1n) is 12.8. The van der Waals surface area contributed by atoms with Crippen LogP contribution in [-0.4, -0.2) is 67.7 Å². The van der Waals surface area contributed by atoms with Crippen molar-refractivity contribution in [2.24, 2.45) is 0 Å². The van der Waals surface area contributed by atoms with E-state index in [0.29, 0.717) is 49.2 Å². The molecule has 0 unspecified atom stereocenters. The standard InChI is InChI=1S/C28H27N9O3/c1-18-21(3-2-4-22(18)33-28(39)34-25-7-8-31-35-25)20-15-23(26-29-9-10-37(26)17-20)32-24-6-5-19(16-30-24)27(38)36-11-13-40-14-12-36/h2-10,15-17H,11-14H2,1H3,(H,30,32)(H3,31,33,34,35,39). The maximum atomic E-state index is 12.8. The smallest absolute Gasteiger partial charge is 0.324 e. The minimum Gasteiger partial charge on any atom is -0.378 e. The molecule has 1 aliphatic rings. The van der Waals surface area contributed by atoms with Crippen LogP contribution in [0.2, 0.25) is 0 Å². The summed E-state index contributed by atoms with van der Waals surface area (Å²) < 4.78 is 7.27. The number of benzene rings is 1. The number of H-pyrrole nitrogens is 1. The third kappa shape index (κ3) is 5.20. The maximum absolute atomic E-state index is 12.8. The number of nitrogens with zero attached hydrogens (tertiary/aromatic N) is 5. The van der Waals surface area contributed by atoms with E-state index < -0.39 is 0 Å². The molecule has 1 aliphatic heterocycles. The summed E-state index contributed by atoms with van der Waals surface area (Å²) in [6, 6.07) is 12.6. The van der Waals surface area contributed by atoms with Gasteiger partial charge in [-0.2, -0.15) is 5.10 Å². The van der Waals surface area contributed by atoms with E-state index in [2.05, 4.69) is 36.1 Å². The summed E-state index contributed by atoms with van der Waals surface area (Å²) in [5.41, 5.74) is 5.44. The average Bonchev–Trinajstić information content (AvgIpc) is 3.67. The number of pyridine rings is 2. The van der Waals surface area contributed by atoms with Crippen molar-refractivity contribution < 1.29 is 14.3 Å². The Morgan fingerprint density at radius 2 is 1.88 bits per heavy atom. The fourth-order valence-corrected chi connectivity index (χ4v) is 4.64. The SMILES string of the molecule is Cc1c(NC(=O)Nc2ccn[nH]2)cccc1-c1cc(Nc2ccc(C(=O)N3CCOCC3)cn2)c2nccn2c1. The molecular formula is C28H27N9O3. The van der Waals surface area contributed by atoms with Gasteiger partial charge in [0.25, 0.3) is 5.91 Å². The van der Waals surface area contributed by atoms with Crippen molar-refractivity contribution >= 4 is 40.6 Å². The number of anilines is 4. The van der Waals surface area contributed by atoms with Gasteiger partial charge in [0.1, 0.15) is 11.6 Å². The number of aromatic nitrogens is 5. The van der Waals surface area contributed by atoms with Crippen LogP contribution in [0.5, 0.6) is 0 Å². The van der Waals surface area contributed by atoms with Gasteiger partial charge in [-0.25, -0.2) is 14.8 Å². The second-order valence-electron chi connectivity index (χ2n) is 9.29. The molecule has 0 saturated carbocycles. The second-order valence-corrected chi connectivity index (χ2v) is 9.29. The minimum atomic E-state index is -0.376. The normalized spacial score (nSPS) is 13.3. The number of carbonyl (C=O) groups is 2. The summed E-state index contributed by atoms with van der Waals surface area (Å²) in [6.07, 6.45) is 8.74. The van der Waals surface area contributed by atoms with Gasteiger partial charge < -0.3 is 24.7 Å². The van der Waals surface area contributed by atoms with E-state index in [9.17, 15) is 9.59 Å². The van der Waals surface area contributed by atoms with Gasteiger partial charge in [0.2, 0.25) is 0 Å². The summed E-state index contributed by atoms with van der Waals surface area (Å²) in [5.74, 6) is 1.03.